The molecule has 1 heteroatoms. The van der Waals surface area contributed by atoms with Crippen LogP contribution in [0.5, 0.6) is 0 Å². The van der Waals surface area contributed by atoms with Gasteiger partial charge in [-0.2, -0.15) is 0 Å². The zero-order valence-corrected chi connectivity index (χ0v) is 11.2. The number of hydrogen-bond donors (Lipinski definition) is 0. The molecule has 0 aromatic carbocycles. The van der Waals surface area contributed by atoms with Crippen LogP contribution in [-0.4, -0.2) is 13.7 Å². The smallest absolute Gasteiger partial charge is 0.108 e. The van der Waals surface area contributed by atoms with Crippen molar-refractivity contribution < 1.29 is 4.74 Å². The highest BCUT2D eigenvalue weighted by molar-refractivity contribution is 5.46. The summed E-state index contributed by atoms with van der Waals surface area (Å²) in [7, 11) is 1.56. The van der Waals surface area contributed by atoms with Crippen LogP contribution in [0.4, 0.5) is 0 Å². The Balaban J connectivity index is 4.27. The van der Waals surface area contributed by atoms with E-state index in [2.05, 4.69) is 101 Å². The fourth-order valence-corrected chi connectivity index (χ4v) is 0.595. The summed E-state index contributed by atoms with van der Waals surface area (Å²) < 4.78 is 4.72. The van der Waals surface area contributed by atoms with Gasteiger partial charge in [-0.15, -0.1) is 6.42 Å². The predicted octanol–water partition coefficient (Wildman–Crippen LogP) is 0.293. The van der Waals surface area contributed by atoms with E-state index < -0.39 is 0 Å². The minimum Gasteiger partial charge on any atom is -0.372 e. The molecule has 0 N–H and O–H groups in total. The molecule has 0 saturated carbocycles. The van der Waals surface area contributed by atoms with Crippen molar-refractivity contribution >= 4 is 0 Å². The van der Waals surface area contributed by atoms with Crippen molar-refractivity contribution in [3.63, 3.8) is 0 Å². The third-order valence-corrected chi connectivity index (χ3v) is 1.25. The molecule has 0 spiro atoms. The van der Waals surface area contributed by atoms with Gasteiger partial charge in [0.25, 0.3) is 0 Å². The molecule has 0 aromatic rings. The SMILES string of the molecule is C#CC#CC#CC#CC#CC#CC#CC#CC#CCOC. The van der Waals surface area contributed by atoms with Crippen LogP contribution < -0.4 is 0 Å². The lowest BCUT2D eigenvalue weighted by molar-refractivity contribution is 0.240. The average Bonchev–Trinajstić information content (AvgIpc) is 2.50. The van der Waals surface area contributed by atoms with Crippen molar-refractivity contribution in [1.29, 1.82) is 0 Å². The largest absolute Gasteiger partial charge is 0.372 e. The van der Waals surface area contributed by atoms with Crippen molar-refractivity contribution in [3.8, 4) is 107 Å². The van der Waals surface area contributed by atoms with Gasteiger partial charge in [0.1, 0.15) is 6.61 Å². The summed E-state index contributed by atoms with van der Waals surface area (Å²) in [5.74, 6) is 42.0. The minimum atomic E-state index is 0.347. The first-order valence-corrected chi connectivity index (χ1v) is 5.34. The summed E-state index contributed by atoms with van der Waals surface area (Å²) in [4.78, 5) is 0. The highest BCUT2D eigenvalue weighted by atomic mass is 16.5. The van der Waals surface area contributed by atoms with E-state index in [1.54, 1.807) is 7.11 Å². The molecule has 0 saturated heterocycles. The molecule has 0 radical (unpaired) electrons. The number of ether oxygens (including phenoxy) is 1. The maximum Gasteiger partial charge on any atom is 0.108 e. The van der Waals surface area contributed by atoms with Crippen LogP contribution in [0.25, 0.3) is 0 Å². The van der Waals surface area contributed by atoms with E-state index in [0.29, 0.717) is 6.61 Å². The molecular weight excluding hydrogens is 256 g/mol. The van der Waals surface area contributed by atoms with Crippen LogP contribution in [0.15, 0.2) is 0 Å². The molecule has 0 heterocycles. The Bertz CT molecular complexity index is 894. The highest BCUT2D eigenvalue weighted by Crippen LogP contribution is 1.61. The standard InChI is InChI=1S/C20H6O/c1-3-4-5-6-7-8-9-10-11-12-13-14-15-16-17-18-19-20-21-2/h1H,20H2,2H3. The summed E-state index contributed by atoms with van der Waals surface area (Å²) in [6, 6.07) is 0. The molecule has 0 aromatic heterocycles. The molecule has 0 aliphatic heterocycles. The second-order valence-electron chi connectivity index (χ2n) is 2.63. The minimum absolute atomic E-state index is 0.347. The van der Waals surface area contributed by atoms with Crippen molar-refractivity contribution in [2.75, 3.05) is 13.7 Å². The molecule has 0 amide bonds. The third-order valence-electron chi connectivity index (χ3n) is 1.25. The van der Waals surface area contributed by atoms with Gasteiger partial charge >= 0.3 is 0 Å². The number of terminal acetylenes is 1. The Hall–Kier alpha value is -4.00. The zero-order valence-electron chi connectivity index (χ0n) is 11.2. The quantitative estimate of drug-likeness (QED) is 0.617. The second kappa shape index (κ2) is 16.0. The molecule has 0 aliphatic carbocycles. The van der Waals surface area contributed by atoms with Gasteiger partial charge in [0.15, 0.2) is 0 Å². The molecule has 92 valence electrons. The third kappa shape index (κ3) is 16.0. The van der Waals surface area contributed by atoms with Gasteiger partial charge in [-0.25, -0.2) is 0 Å². The van der Waals surface area contributed by atoms with E-state index in [1.165, 1.54) is 0 Å². The fourth-order valence-electron chi connectivity index (χ4n) is 0.595. The molecule has 0 rings (SSSR count). The topological polar surface area (TPSA) is 9.23 Å². The van der Waals surface area contributed by atoms with Gasteiger partial charge in [0, 0.05) is 7.11 Å². The Morgan fingerprint density at radius 1 is 0.571 bits per heavy atom. The van der Waals surface area contributed by atoms with Crippen molar-refractivity contribution in [3.05, 3.63) is 0 Å². The molecule has 0 unspecified atom stereocenters. The fraction of sp³-hybridized carbons (Fsp3) is 0.100. The highest BCUT2D eigenvalue weighted by Gasteiger charge is 1.63. The number of hydrogen-bond acceptors (Lipinski definition) is 1. The van der Waals surface area contributed by atoms with Crippen LogP contribution in [0, 0.1) is 107 Å². The van der Waals surface area contributed by atoms with Gasteiger partial charge in [-0.3, -0.25) is 0 Å². The lowest BCUT2D eigenvalue weighted by Crippen LogP contribution is -1.79. The van der Waals surface area contributed by atoms with Crippen LogP contribution in [0.1, 0.15) is 0 Å². The maximum atomic E-state index is 4.90. The Morgan fingerprint density at radius 3 is 1.24 bits per heavy atom. The Morgan fingerprint density at radius 2 is 0.905 bits per heavy atom. The molecular formula is C20H6O. The number of rotatable bonds is 1. The van der Waals surface area contributed by atoms with E-state index in [-0.39, 0.29) is 0 Å². The lowest BCUT2D eigenvalue weighted by Gasteiger charge is -1.78. The normalized spacial score (nSPS) is 4.57. The van der Waals surface area contributed by atoms with Crippen molar-refractivity contribution in [2.24, 2.45) is 0 Å². The van der Waals surface area contributed by atoms with E-state index in [0.717, 1.165) is 0 Å². The van der Waals surface area contributed by atoms with E-state index in [1.807, 2.05) is 0 Å². The maximum absolute atomic E-state index is 4.90. The second-order valence-corrected chi connectivity index (χ2v) is 2.63. The average molecular weight is 262 g/mol. The first-order chi connectivity index (χ1) is 10.4. The summed E-state index contributed by atoms with van der Waals surface area (Å²) in [6.45, 7) is 0.347. The monoisotopic (exact) mass is 262 g/mol. The van der Waals surface area contributed by atoms with E-state index >= 15 is 0 Å². The number of methoxy groups -OCH3 is 1. The van der Waals surface area contributed by atoms with Gasteiger partial charge in [-0.1, -0.05) is 5.92 Å². The molecule has 1 nitrogen and oxygen atoms in total. The van der Waals surface area contributed by atoms with Gasteiger partial charge < -0.3 is 4.74 Å². The Kier molecular flexibility index (Phi) is 13.0. The molecule has 0 fully saturated rings. The Labute approximate surface area is 126 Å². The van der Waals surface area contributed by atoms with Gasteiger partial charge in [-0.05, 0) is 94.7 Å². The molecule has 21 heavy (non-hydrogen) atoms. The van der Waals surface area contributed by atoms with Crippen LogP contribution >= 0.6 is 0 Å². The summed E-state index contributed by atoms with van der Waals surface area (Å²) in [5, 5.41) is 0. The van der Waals surface area contributed by atoms with Crippen molar-refractivity contribution in [2.45, 2.75) is 0 Å². The summed E-state index contributed by atoms with van der Waals surface area (Å²) in [6.07, 6.45) is 4.90. The molecule has 0 bridgehead atoms. The van der Waals surface area contributed by atoms with Gasteiger partial charge in [0.2, 0.25) is 0 Å². The zero-order chi connectivity index (χ0) is 15.4. The lowest BCUT2D eigenvalue weighted by atomic mass is 10.5. The van der Waals surface area contributed by atoms with Crippen LogP contribution in [-0.2, 0) is 4.74 Å². The molecule has 0 atom stereocenters. The van der Waals surface area contributed by atoms with Gasteiger partial charge in [0.05, 0.1) is 0 Å². The van der Waals surface area contributed by atoms with Crippen LogP contribution in [0.3, 0.4) is 0 Å². The predicted molar refractivity (Wildman–Crippen MR) is 82.9 cm³/mol. The van der Waals surface area contributed by atoms with Crippen molar-refractivity contribution in [1.82, 2.24) is 0 Å². The van der Waals surface area contributed by atoms with E-state index in [9.17, 15) is 0 Å². The first kappa shape index (κ1) is 17.0. The first-order valence-electron chi connectivity index (χ1n) is 5.34. The van der Waals surface area contributed by atoms with Crippen LogP contribution in [0.2, 0.25) is 0 Å². The summed E-state index contributed by atoms with van der Waals surface area (Å²) >= 11 is 0. The summed E-state index contributed by atoms with van der Waals surface area (Å²) in [5.41, 5.74) is 0. The molecule has 0 aliphatic rings. The van der Waals surface area contributed by atoms with E-state index in [4.69, 9.17) is 11.2 Å².